The van der Waals surface area contributed by atoms with Crippen molar-refractivity contribution in [2.24, 2.45) is 0 Å². The number of rotatable bonds is 6. The van der Waals surface area contributed by atoms with Crippen LogP contribution in [-0.2, 0) is 13.1 Å². The predicted molar refractivity (Wildman–Crippen MR) is 97.0 cm³/mol. The maximum Gasteiger partial charge on any atom is 0.123 e. The summed E-state index contributed by atoms with van der Waals surface area (Å²) in [6.07, 6.45) is 5.94. The molecule has 0 amide bonds. The standard InChI is InChI=1S/C20H26FN3O/c1-23-10-7-19(8-11-23)24(14-16-4-3-9-22-13-16)15-17-12-18(21)5-6-20(17)25-2/h3-6,9,12-13,19H,7-8,10-11,14-15H2,1-2H3. The van der Waals surface area contributed by atoms with Crippen molar-refractivity contribution in [3.63, 3.8) is 0 Å². The molecule has 1 aliphatic rings. The van der Waals surface area contributed by atoms with E-state index < -0.39 is 0 Å². The third kappa shape index (κ3) is 4.77. The van der Waals surface area contributed by atoms with Crippen LogP contribution in [0.3, 0.4) is 0 Å². The summed E-state index contributed by atoms with van der Waals surface area (Å²) in [5.74, 6) is 0.519. The van der Waals surface area contributed by atoms with Crippen molar-refractivity contribution in [1.29, 1.82) is 0 Å². The molecule has 3 rings (SSSR count). The zero-order valence-corrected chi connectivity index (χ0v) is 15.0. The number of hydrogen-bond donors (Lipinski definition) is 0. The van der Waals surface area contributed by atoms with Gasteiger partial charge in [-0.25, -0.2) is 4.39 Å². The molecule has 134 valence electrons. The number of methoxy groups -OCH3 is 1. The zero-order chi connectivity index (χ0) is 17.6. The Morgan fingerprint density at radius 1 is 1.24 bits per heavy atom. The highest BCUT2D eigenvalue weighted by atomic mass is 19.1. The molecule has 1 fully saturated rings. The highest BCUT2D eigenvalue weighted by Gasteiger charge is 2.24. The number of benzene rings is 1. The minimum absolute atomic E-state index is 0.222. The van der Waals surface area contributed by atoms with Crippen LogP contribution in [0, 0.1) is 5.82 Å². The number of piperidine rings is 1. The topological polar surface area (TPSA) is 28.6 Å². The van der Waals surface area contributed by atoms with Gasteiger partial charge in [0.05, 0.1) is 7.11 Å². The largest absolute Gasteiger partial charge is 0.496 e. The van der Waals surface area contributed by atoms with E-state index in [1.807, 2.05) is 12.3 Å². The van der Waals surface area contributed by atoms with E-state index in [2.05, 4.69) is 27.9 Å². The fraction of sp³-hybridized carbons (Fsp3) is 0.450. The lowest BCUT2D eigenvalue weighted by Crippen LogP contribution is -2.43. The van der Waals surface area contributed by atoms with Crippen LogP contribution in [0.5, 0.6) is 5.75 Å². The molecule has 2 heterocycles. The van der Waals surface area contributed by atoms with E-state index in [1.54, 1.807) is 25.4 Å². The van der Waals surface area contributed by atoms with Crippen LogP contribution in [0.4, 0.5) is 4.39 Å². The average molecular weight is 343 g/mol. The summed E-state index contributed by atoms with van der Waals surface area (Å²) in [6, 6.07) is 9.28. The van der Waals surface area contributed by atoms with Crippen molar-refractivity contribution < 1.29 is 9.13 Å². The van der Waals surface area contributed by atoms with Crippen LogP contribution < -0.4 is 4.74 Å². The second-order valence-electron chi connectivity index (χ2n) is 6.76. The highest BCUT2D eigenvalue weighted by molar-refractivity contribution is 5.34. The van der Waals surface area contributed by atoms with Crippen LogP contribution in [0.25, 0.3) is 0 Å². The number of nitrogens with zero attached hydrogens (tertiary/aromatic N) is 3. The Balaban J connectivity index is 1.82. The number of ether oxygens (including phenoxy) is 1. The monoisotopic (exact) mass is 343 g/mol. The molecule has 0 N–H and O–H groups in total. The molecule has 25 heavy (non-hydrogen) atoms. The molecule has 1 aromatic carbocycles. The lowest BCUT2D eigenvalue weighted by Gasteiger charge is -2.37. The maximum absolute atomic E-state index is 13.8. The van der Waals surface area contributed by atoms with Gasteiger partial charge in [0.1, 0.15) is 11.6 Å². The highest BCUT2D eigenvalue weighted by Crippen LogP contribution is 2.26. The Hall–Kier alpha value is -1.98. The molecule has 0 atom stereocenters. The van der Waals surface area contributed by atoms with Gasteiger partial charge in [0.15, 0.2) is 0 Å². The number of halogens is 1. The third-order valence-electron chi connectivity index (χ3n) is 4.93. The van der Waals surface area contributed by atoms with E-state index in [9.17, 15) is 4.39 Å². The molecule has 2 aromatic rings. The number of likely N-dealkylation sites (tertiary alicyclic amines) is 1. The van der Waals surface area contributed by atoms with Crippen molar-refractivity contribution >= 4 is 0 Å². The van der Waals surface area contributed by atoms with Crippen LogP contribution in [0.15, 0.2) is 42.7 Å². The average Bonchev–Trinajstić information content (AvgIpc) is 2.63. The number of hydrogen-bond acceptors (Lipinski definition) is 4. The van der Waals surface area contributed by atoms with E-state index >= 15 is 0 Å². The fourth-order valence-electron chi connectivity index (χ4n) is 3.49. The Labute approximate surface area is 149 Å². The lowest BCUT2D eigenvalue weighted by atomic mass is 10.0. The normalized spacial score (nSPS) is 16.3. The molecule has 0 radical (unpaired) electrons. The first-order valence-corrected chi connectivity index (χ1v) is 8.79. The Morgan fingerprint density at radius 2 is 2.04 bits per heavy atom. The summed E-state index contributed by atoms with van der Waals surface area (Å²) < 4.78 is 19.2. The number of pyridine rings is 1. The van der Waals surface area contributed by atoms with Gasteiger partial charge in [-0.2, -0.15) is 0 Å². The van der Waals surface area contributed by atoms with Gasteiger partial charge in [-0.15, -0.1) is 0 Å². The SMILES string of the molecule is COc1ccc(F)cc1CN(Cc1cccnc1)C1CCN(C)CC1. The first kappa shape index (κ1) is 17.8. The summed E-state index contributed by atoms with van der Waals surface area (Å²) in [5.41, 5.74) is 2.07. The molecule has 4 nitrogen and oxygen atoms in total. The second-order valence-corrected chi connectivity index (χ2v) is 6.76. The van der Waals surface area contributed by atoms with Crippen molar-refractivity contribution in [2.45, 2.75) is 32.0 Å². The van der Waals surface area contributed by atoms with E-state index in [0.29, 0.717) is 12.6 Å². The Bertz CT molecular complexity index is 672. The molecular formula is C20H26FN3O. The summed E-state index contributed by atoms with van der Waals surface area (Å²) in [6.45, 7) is 3.66. The molecule has 0 saturated carbocycles. The minimum Gasteiger partial charge on any atom is -0.496 e. The van der Waals surface area contributed by atoms with Crippen LogP contribution >= 0.6 is 0 Å². The van der Waals surface area contributed by atoms with Gasteiger partial charge < -0.3 is 9.64 Å². The van der Waals surface area contributed by atoms with E-state index in [1.165, 1.54) is 11.6 Å². The minimum atomic E-state index is -0.222. The molecule has 0 bridgehead atoms. The van der Waals surface area contributed by atoms with Gasteiger partial charge in [0.2, 0.25) is 0 Å². The summed E-state index contributed by atoms with van der Waals surface area (Å²) in [4.78, 5) is 9.02. The Kier molecular flexibility index (Phi) is 6.00. The quantitative estimate of drug-likeness (QED) is 0.804. The van der Waals surface area contributed by atoms with Crippen molar-refractivity contribution in [2.75, 3.05) is 27.2 Å². The van der Waals surface area contributed by atoms with Crippen LogP contribution in [0.1, 0.15) is 24.0 Å². The second kappa shape index (κ2) is 8.41. The van der Waals surface area contributed by atoms with Crippen molar-refractivity contribution in [3.05, 3.63) is 59.7 Å². The van der Waals surface area contributed by atoms with Gasteiger partial charge in [-0.1, -0.05) is 6.07 Å². The molecule has 1 aromatic heterocycles. The Morgan fingerprint density at radius 3 is 2.72 bits per heavy atom. The van der Waals surface area contributed by atoms with E-state index in [4.69, 9.17) is 4.74 Å². The van der Waals surface area contributed by atoms with Crippen LogP contribution in [0.2, 0.25) is 0 Å². The van der Waals surface area contributed by atoms with Gasteiger partial charge in [-0.3, -0.25) is 9.88 Å². The van der Waals surface area contributed by atoms with Gasteiger partial charge >= 0.3 is 0 Å². The number of aromatic nitrogens is 1. The van der Waals surface area contributed by atoms with E-state index in [0.717, 1.165) is 43.8 Å². The van der Waals surface area contributed by atoms with Crippen LogP contribution in [-0.4, -0.2) is 48.1 Å². The molecular weight excluding hydrogens is 317 g/mol. The third-order valence-corrected chi connectivity index (χ3v) is 4.93. The molecule has 0 spiro atoms. The predicted octanol–water partition coefficient (Wildman–Crippen LogP) is 3.33. The van der Waals surface area contributed by atoms with Crippen molar-refractivity contribution in [1.82, 2.24) is 14.8 Å². The molecule has 0 aliphatic carbocycles. The van der Waals surface area contributed by atoms with Gasteiger partial charge in [-0.05, 0) is 62.8 Å². The summed E-state index contributed by atoms with van der Waals surface area (Å²) in [7, 11) is 3.80. The van der Waals surface area contributed by atoms with E-state index in [-0.39, 0.29) is 5.82 Å². The van der Waals surface area contributed by atoms with Gasteiger partial charge in [0, 0.05) is 37.1 Å². The molecule has 1 aliphatic heterocycles. The maximum atomic E-state index is 13.8. The first-order valence-electron chi connectivity index (χ1n) is 8.79. The molecule has 0 unspecified atom stereocenters. The molecule has 1 saturated heterocycles. The fourth-order valence-corrected chi connectivity index (χ4v) is 3.49. The van der Waals surface area contributed by atoms with Gasteiger partial charge in [0.25, 0.3) is 0 Å². The first-order chi connectivity index (χ1) is 12.2. The van der Waals surface area contributed by atoms with Crippen molar-refractivity contribution in [3.8, 4) is 5.75 Å². The molecule has 5 heteroatoms. The summed E-state index contributed by atoms with van der Waals surface area (Å²) >= 11 is 0. The zero-order valence-electron chi connectivity index (χ0n) is 15.0. The summed E-state index contributed by atoms with van der Waals surface area (Å²) in [5, 5.41) is 0. The smallest absolute Gasteiger partial charge is 0.123 e. The lowest BCUT2D eigenvalue weighted by molar-refractivity contribution is 0.107.